The summed E-state index contributed by atoms with van der Waals surface area (Å²) >= 11 is 5.93. The molecule has 0 atom stereocenters. The molecule has 8 heteroatoms. The van der Waals surface area contributed by atoms with E-state index in [9.17, 15) is 14.7 Å². The Bertz CT molecular complexity index is 1190. The fourth-order valence-corrected chi connectivity index (χ4v) is 3.01. The molecule has 33 heavy (non-hydrogen) atoms. The van der Waals surface area contributed by atoms with E-state index in [2.05, 4.69) is 15.8 Å². The van der Waals surface area contributed by atoms with Crippen LogP contribution < -0.4 is 15.6 Å². The van der Waals surface area contributed by atoms with Crippen molar-refractivity contribution in [1.29, 1.82) is 0 Å². The van der Waals surface area contributed by atoms with Gasteiger partial charge in [0.05, 0.1) is 6.21 Å². The molecule has 0 radical (unpaired) electrons. The van der Waals surface area contributed by atoms with E-state index in [0.717, 1.165) is 11.3 Å². The van der Waals surface area contributed by atoms with E-state index in [-0.39, 0.29) is 11.4 Å². The molecule has 0 bridgehead atoms. The molecule has 3 N–H and O–H groups in total. The quantitative estimate of drug-likeness (QED) is 0.280. The maximum Gasteiger partial charge on any atom is 0.287 e. The molecule has 0 aromatic heterocycles. The zero-order valence-corrected chi connectivity index (χ0v) is 18.9. The summed E-state index contributed by atoms with van der Waals surface area (Å²) in [7, 11) is 3.86. The van der Waals surface area contributed by atoms with Crippen LogP contribution in [0.15, 0.2) is 83.6 Å². The summed E-state index contributed by atoms with van der Waals surface area (Å²) in [6.07, 6.45) is 2.82. The van der Waals surface area contributed by atoms with Gasteiger partial charge in [-0.3, -0.25) is 9.59 Å². The third-order valence-corrected chi connectivity index (χ3v) is 4.84. The number of halogens is 1. The second kappa shape index (κ2) is 11.0. The standard InChI is InChI=1S/C25H23ClN4O3/c1-30(2)21-11-8-17(9-12-21)14-22(28-24(32)18-6-4-3-5-7-18)25(33)29-27-16-19-15-20(26)10-13-23(19)31/h3-16,31H,1-2H3,(H,28,32)(H,29,33)/b22-14-,27-16+. The van der Waals surface area contributed by atoms with Crippen molar-refractivity contribution in [1.82, 2.24) is 10.7 Å². The number of hydrazone groups is 1. The largest absolute Gasteiger partial charge is 0.507 e. The number of nitrogens with one attached hydrogen (secondary N) is 2. The lowest BCUT2D eigenvalue weighted by molar-refractivity contribution is -0.117. The van der Waals surface area contributed by atoms with E-state index in [1.54, 1.807) is 36.4 Å². The van der Waals surface area contributed by atoms with Crippen molar-refractivity contribution in [3.8, 4) is 5.75 Å². The zero-order chi connectivity index (χ0) is 23.8. The summed E-state index contributed by atoms with van der Waals surface area (Å²) < 4.78 is 0. The molecular weight excluding hydrogens is 440 g/mol. The van der Waals surface area contributed by atoms with Crippen molar-refractivity contribution in [2.45, 2.75) is 0 Å². The number of nitrogens with zero attached hydrogens (tertiary/aromatic N) is 2. The highest BCUT2D eigenvalue weighted by Crippen LogP contribution is 2.19. The van der Waals surface area contributed by atoms with Crippen LogP contribution in [-0.2, 0) is 4.79 Å². The lowest BCUT2D eigenvalue weighted by Crippen LogP contribution is -2.32. The predicted octanol–water partition coefficient (Wildman–Crippen LogP) is 4.03. The molecule has 0 fully saturated rings. The van der Waals surface area contributed by atoms with E-state index in [0.29, 0.717) is 16.1 Å². The smallest absolute Gasteiger partial charge is 0.287 e. The van der Waals surface area contributed by atoms with Gasteiger partial charge in [0.1, 0.15) is 11.4 Å². The maximum atomic E-state index is 12.8. The van der Waals surface area contributed by atoms with Gasteiger partial charge in [0.2, 0.25) is 0 Å². The Morgan fingerprint density at radius 1 is 1.00 bits per heavy atom. The number of aromatic hydroxyl groups is 1. The van der Waals surface area contributed by atoms with Gasteiger partial charge in [0.15, 0.2) is 0 Å². The number of hydrogen-bond acceptors (Lipinski definition) is 5. The van der Waals surface area contributed by atoms with Crippen molar-refractivity contribution >= 4 is 41.4 Å². The van der Waals surface area contributed by atoms with E-state index >= 15 is 0 Å². The Kier molecular flexibility index (Phi) is 7.83. The van der Waals surface area contributed by atoms with E-state index in [1.165, 1.54) is 24.4 Å². The van der Waals surface area contributed by atoms with E-state index in [4.69, 9.17) is 11.6 Å². The van der Waals surface area contributed by atoms with E-state index in [1.807, 2.05) is 43.3 Å². The van der Waals surface area contributed by atoms with Gasteiger partial charge >= 0.3 is 0 Å². The number of benzene rings is 3. The van der Waals surface area contributed by atoms with Crippen LogP contribution in [0.25, 0.3) is 6.08 Å². The number of phenols is 1. The first-order valence-corrected chi connectivity index (χ1v) is 10.4. The highest BCUT2D eigenvalue weighted by atomic mass is 35.5. The summed E-state index contributed by atoms with van der Waals surface area (Å²) in [6, 6.07) is 20.5. The number of hydrogen-bond donors (Lipinski definition) is 3. The van der Waals surface area contributed by atoms with Crippen molar-refractivity contribution in [3.05, 3.63) is 100 Å². The molecule has 0 saturated heterocycles. The monoisotopic (exact) mass is 462 g/mol. The predicted molar refractivity (Wildman–Crippen MR) is 132 cm³/mol. The molecule has 2 amide bonds. The minimum atomic E-state index is -0.631. The average molecular weight is 463 g/mol. The van der Waals surface area contributed by atoms with Crippen molar-refractivity contribution in [3.63, 3.8) is 0 Å². The fourth-order valence-electron chi connectivity index (χ4n) is 2.83. The van der Waals surface area contributed by atoms with Crippen LogP contribution in [0.4, 0.5) is 5.69 Å². The zero-order valence-electron chi connectivity index (χ0n) is 18.1. The normalized spacial score (nSPS) is 11.3. The molecule has 3 aromatic carbocycles. The molecule has 0 saturated carbocycles. The van der Waals surface area contributed by atoms with Gasteiger partial charge in [0, 0.05) is 35.9 Å². The Labute approximate surface area is 197 Å². The lowest BCUT2D eigenvalue weighted by atomic mass is 10.1. The second-order valence-corrected chi connectivity index (χ2v) is 7.70. The van der Waals surface area contributed by atoms with Crippen molar-refractivity contribution < 1.29 is 14.7 Å². The van der Waals surface area contributed by atoms with Crippen LogP contribution >= 0.6 is 11.6 Å². The molecule has 3 aromatic rings. The van der Waals surface area contributed by atoms with Crippen molar-refractivity contribution in [2.75, 3.05) is 19.0 Å². The fraction of sp³-hybridized carbons (Fsp3) is 0.0800. The summed E-state index contributed by atoms with van der Waals surface area (Å²) in [6.45, 7) is 0. The Hall–Kier alpha value is -4.10. The first-order valence-electron chi connectivity index (χ1n) is 10.0. The highest BCUT2D eigenvalue weighted by Gasteiger charge is 2.14. The third kappa shape index (κ3) is 6.69. The molecule has 168 valence electrons. The summed E-state index contributed by atoms with van der Waals surface area (Å²) in [5.41, 5.74) is 4.84. The first kappa shape index (κ1) is 23.6. The second-order valence-electron chi connectivity index (χ2n) is 7.27. The number of anilines is 1. The van der Waals surface area contributed by atoms with Gasteiger partial charge in [-0.15, -0.1) is 0 Å². The molecule has 0 heterocycles. The number of carbonyl (C=O) groups excluding carboxylic acids is 2. The average Bonchev–Trinajstić information content (AvgIpc) is 2.81. The topological polar surface area (TPSA) is 94.0 Å². The van der Waals surface area contributed by atoms with Gasteiger partial charge < -0.3 is 15.3 Å². The van der Waals surface area contributed by atoms with Gasteiger partial charge in [-0.25, -0.2) is 5.43 Å². The Morgan fingerprint density at radius 3 is 2.36 bits per heavy atom. The number of phenolic OH excluding ortho intramolecular Hbond substituents is 1. The molecule has 0 aliphatic rings. The molecule has 3 rings (SSSR count). The van der Waals surface area contributed by atoms with Crippen LogP contribution in [0.3, 0.4) is 0 Å². The van der Waals surface area contributed by atoms with Crippen LogP contribution in [0.1, 0.15) is 21.5 Å². The number of carbonyl (C=O) groups is 2. The summed E-state index contributed by atoms with van der Waals surface area (Å²) in [5, 5.41) is 16.8. The molecule has 0 spiro atoms. The minimum Gasteiger partial charge on any atom is -0.507 e. The Balaban J connectivity index is 1.83. The number of amides is 2. The Morgan fingerprint density at radius 2 is 1.70 bits per heavy atom. The molecule has 0 unspecified atom stereocenters. The van der Waals surface area contributed by atoms with Crippen LogP contribution in [-0.4, -0.2) is 37.2 Å². The lowest BCUT2D eigenvalue weighted by Gasteiger charge is -2.12. The van der Waals surface area contributed by atoms with Crippen LogP contribution in [0.5, 0.6) is 5.75 Å². The first-order chi connectivity index (χ1) is 15.8. The maximum absolute atomic E-state index is 12.8. The van der Waals surface area contributed by atoms with Crippen LogP contribution in [0, 0.1) is 0 Å². The van der Waals surface area contributed by atoms with Gasteiger partial charge in [-0.05, 0) is 54.1 Å². The molecular formula is C25H23ClN4O3. The molecule has 7 nitrogen and oxygen atoms in total. The minimum absolute atomic E-state index is 0.00826. The SMILES string of the molecule is CN(C)c1ccc(/C=C(\NC(=O)c2ccccc2)C(=O)N/N=C/c2cc(Cl)ccc2O)cc1. The van der Waals surface area contributed by atoms with Gasteiger partial charge in [-0.1, -0.05) is 41.9 Å². The van der Waals surface area contributed by atoms with Gasteiger partial charge in [0.25, 0.3) is 11.8 Å². The van der Waals surface area contributed by atoms with Crippen LogP contribution in [0.2, 0.25) is 5.02 Å². The molecule has 0 aliphatic heterocycles. The van der Waals surface area contributed by atoms with Gasteiger partial charge in [-0.2, -0.15) is 5.10 Å². The van der Waals surface area contributed by atoms with E-state index < -0.39 is 11.8 Å². The third-order valence-electron chi connectivity index (χ3n) is 4.61. The summed E-state index contributed by atoms with van der Waals surface area (Å²) in [5.74, 6) is -1.10. The summed E-state index contributed by atoms with van der Waals surface area (Å²) in [4.78, 5) is 27.4. The highest BCUT2D eigenvalue weighted by molar-refractivity contribution is 6.30. The number of rotatable bonds is 7. The molecule has 0 aliphatic carbocycles. The van der Waals surface area contributed by atoms with Crippen molar-refractivity contribution in [2.24, 2.45) is 5.10 Å².